The first-order valence-corrected chi connectivity index (χ1v) is 11.0. The van der Waals surface area contributed by atoms with E-state index in [0.717, 1.165) is 13.1 Å². The Hall–Kier alpha value is -1.38. The second-order valence-corrected chi connectivity index (χ2v) is 12.1. The SMILES string of the molecule is C[Si](C)(C)CN(Cc1ccccc1)Cc1ccccc1. The van der Waals surface area contributed by atoms with Gasteiger partial charge in [0.2, 0.25) is 0 Å². The molecule has 20 heavy (non-hydrogen) atoms. The zero-order chi connectivity index (χ0) is 14.4. The van der Waals surface area contributed by atoms with Gasteiger partial charge in [0, 0.05) is 13.1 Å². The number of hydrogen-bond acceptors (Lipinski definition) is 1. The minimum Gasteiger partial charge on any atom is -0.298 e. The van der Waals surface area contributed by atoms with Gasteiger partial charge in [-0.15, -0.1) is 0 Å². The van der Waals surface area contributed by atoms with E-state index >= 15 is 0 Å². The molecule has 2 aromatic carbocycles. The molecule has 0 fully saturated rings. The first-order chi connectivity index (χ1) is 9.53. The molecule has 0 saturated heterocycles. The Morgan fingerprint density at radius 3 is 1.45 bits per heavy atom. The summed E-state index contributed by atoms with van der Waals surface area (Å²) < 4.78 is 0. The molecule has 0 spiro atoms. The third-order valence-corrected chi connectivity index (χ3v) is 4.59. The first-order valence-electron chi connectivity index (χ1n) is 7.33. The van der Waals surface area contributed by atoms with Crippen LogP contribution >= 0.6 is 0 Å². The monoisotopic (exact) mass is 283 g/mol. The highest BCUT2D eigenvalue weighted by molar-refractivity contribution is 6.76. The maximum absolute atomic E-state index is 2.59. The summed E-state index contributed by atoms with van der Waals surface area (Å²) in [5.74, 6) is 0. The summed E-state index contributed by atoms with van der Waals surface area (Å²) in [6.07, 6.45) is 1.23. The fourth-order valence-corrected chi connectivity index (χ4v) is 4.09. The van der Waals surface area contributed by atoms with Crippen molar-refractivity contribution in [3.05, 3.63) is 71.8 Å². The van der Waals surface area contributed by atoms with Gasteiger partial charge in [-0.25, -0.2) is 0 Å². The lowest BCUT2D eigenvalue weighted by atomic mass is 10.2. The predicted octanol–water partition coefficient (Wildman–Crippen LogP) is 4.57. The highest BCUT2D eigenvalue weighted by Crippen LogP contribution is 2.13. The van der Waals surface area contributed by atoms with Crippen molar-refractivity contribution in [2.75, 3.05) is 6.17 Å². The lowest BCUT2D eigenvalue weighted by Gasteiger charge is -2.29. The third-order valence-electron chi connectivity index (χ3n) is 3.20. The van der Waals surface area contributed by atoms with Gasteiger partial charge in [-0.05, 0) is 17.3 Å². The number of hydrogen-bond donors (Lipinski definition) is 0. The van der Waals surface area contributed by atoms with E-state index < -0.39 is 8.07 Å². The summed E-state index contributed by atoms with van der Waals surface area (Å²) in [4.78, 5) is 2.59. The lowest BCUT2D eigenvalue weighted by Crippen LogP contribution is -2.39. The van der Waals surface area contributed by atoms with E-state index in [1.54, 1.807) is 0 Å². The first kappa shape index (κ1) is 15.0. The van der Waals surface area contributed by atoms with Crippen LogP contribution in [0, 0.1) is 0 Å². The van der Waals surface area contributed by atoms with Crippen molar-refractivity contribution in [1.29, 1.82) is 0 Å². The fraction of sp³-hybridized carbons (Fsp3) is 0.333. The molecule has 0 N–H and O–H groups in total. The van der Waals surface area contributed by atoms with Crippen LogP contribution in [0.5, 0.6) is 0 Å². The smallest absolute Gasteiger partial charge is 0.0599 e. The van der Waals surface area contributed by atoms with E-state index in [9.17, 15) is 0 Å². The Morgan fingerprint density at radius 2 is 1.10 bits per heavy atom. The summed E-state index contributed by atoms with van der Waals surface area (Å²) in [5, 5.41) is 0. The van der Waals surface area contributed by atoms with Crippen molar-refractivity contribution in [2.45, 2.75) is 32.7 Å². The van der Waals surface area contributed by atoms with Crippen molar-refractivity contribution >= 4 is 8.07 Å². The summed E-state index contributed by atoms with van der Waals surface area (Å²) in [6.45, 7) is 9.40. The summed E-state index contributed by atoms with van der Waals surface area (Å²) in [6, 6.07) is 21.6. The van der Waals surface area contributed by atoms with Crippen LogP contribution in [0.3, 0.4) is 0 Å². The molecule has 106 valence electrons. The molecule has 0 unspecified atom stereocenters. The molecule has 0 heterocycles. The highest BCUT2D eigenvalue weighted by Gasteiger charge is 2.18. The standard InChI is InChI=1S/C18H25NSi/c1-20(2,3)16-19(14-17-10-6-4-7-11-17)15-18-12-8-5-9-13-18/h4-13H,14-16H2,1-3H3. The van der Waals surface area contributed by atoms with Gasteiger partial charge < -0.3 is 0 Å². The van der Waals surface area contributed by atoms with Gasteiger partial charge in [0.15, 0.2) is 0 Å². The highest BCUT2D eigenvalue weighted by atomic mass is 28.3. The van der Waals surface area contributed by atoms with Gasteiger partial charge in [-0.2, -0.15) is 0 Å². The molecule has 0 bridgehead atoms. The largest absolute Gasteiger partial charge is 0.298 e. The van der Waals surface area contributed by atoms with Crippen LogP contribution in [0.2, 0.25) is 19.6 Å². The molecule has 2 heteroatoms. The molecular weight excluding hydrogens is 258 g/mol. The zero-order valence-electron chi connectivity index (χ0n) is 12.8. The van der Waals surface area contributed by atoms with Gasteiger partial charge in [-0.1, -0.05) is 80.3 Å². The average Bonchev–Trinajstić information content (AvgIpc) is 2.39. The molecule has 0 aromatic heterocycles. The van der Waals surface area contributed by atoms with Crippen LogP contribution in [0.4, 0.5) is 0 Å². The lowest BCUT2D eigenvalue weighted by molar-refractivity contribution is 0.296. The van der Waals surface area contributed by atoms with Gasteiger partial charge in [0.05, 0.1) is 8.07 Å². The fourth-order valence-electron chi connectivity index (χ4n) is 2.52. The topological polar surface area (TPSA) is 3.24 Å². The van der Waals surface area contributed by atoms with Crippen molar-refractivity contribution < 1.29 is 0 Å². The molecule has 0 aliphatic rings. The minimum atomic E-state index is -1.10. The van der Waals surface area contributed by atoms with Crippen molar-refractivity contribution in [3.63, 3.8) is 0 Å². The van der Waals surface area contributed by atoms with Crippen LogP contribution in [0.25, 0.3) is 0 Å². The Balaban J connectivity index is 2.08. The Morgan fingerprint density at radius 1 is 0.700 bits per heavy atom. The van der Waals surface area contributed by atoms with Crippen LogP contribution in [0.1, 0.15) is 11.1 Å². The molecule has 0 aliphatic carbocycles. The maximum Gasteiger partial charge on any atom is 0.0599 e. The number of rotatable bonds is 6. The summed E-state index contributed by atoms with van der Waals surface area (Å²) in [7, 11) is -1.10. The van der Waals surface area contributed by atoms with Gasteiger partial charge >= 0.3 is 0 Å². The Kier molecular flexibility index (Phi) is 5.15. The maximum atomic E-state index is 2.59. The second-order valence-electron chi connectivity index (χ2n) is 6.68. The van der Waals surface area contributed by atoms with Gasteiger partial charge in [-0.3, -0.25) is 4.90 Å². The number of nitrogens with zero attached hydrogens (tertiary/aromatic N) is 1. The van der Waals surface area contributed by atoms with Gasteiger partial charge in [0.25, 0.3) is 0 Å². The van der Waals surface area contributed by atoms with E-state index in [1.807, 2.05) is 0 Å². The van der Waals surface area contributed by atoms with Crippen molar-refractivity contribution in [1.82, 2.24) is 4.90 Å². The summed E-state index contributed by atoms with van der Waals surface area (Å²) >= 11 is 0. The van der Waals surface area contributed by atoms with E-state index in [0.29, 0.717) is 0 Å². The minimum absolute atomic E-state index is 1.04. The Labute approximate surface area is 124 Å². The molecular formula is C18H25NSi. The van der Waals surface area contributed by atoms with Crippen molar-refractivity contribution in [2.24, 2.45) is 0 Å². The second kappa shape index (κ2) is 6.87. The quantitative estimate of drug-likeness (QED) is 0.702. The average molecular weight is 283 g/mol. The molecule has 0 aliphatic heterocycles. The van der Waals surface area contributed by atoms with E-state index in [-0.39, 0.29) is 0 Å². The molecule has 0 radical (unpaired) electrons. The van der Waals surface area contributed by atoms with Crippen molar-refractivity contribution in [3.8, 4) is 0 Å². The van der Waals surface area contributed by atoms with Crippen LogP contribution < -0.4 is 0 Å². The van der Waals surface area contributed by atoms with E-state index in [4.69, 9.17) is 0 Å². The molecule has 0 amide bonds. The van der Waals surface area contributed by atoms with Crippen LogP contribution in [-0.2, 0) is 13.1 Å². The van der Waals surface area contributed by atoms with Crippen LogP contribution in [0.15, 0.2) is 60.7 Å². The molecule has 2 aromatic rings. The predicted molar refractivity (Wildman–Crippen MR) is 90.3 cm³/mol. The van der Waals surface area contributed by atoms with Crippen LogP contribution in [-0.4, -0.2) is 19.1 Å². The third kappa shape index (κ3) is 5.31. The van der Waals surface area contributed by atoms with E-state index in [2.05, 4.69) is 85.2 Å². The number of benzene rings is 2. The molecule has 0 saturated carbocycles. The molecule has 2 rings (SSSR count). The molecule has 1 nitrogen and oxygen atoms in total. The van der Waals surface area contributed by atoms with Gasteiger partial charge in [0.1, 0.15) is 0 Å². The normalized spacial score (nSPS) is 11.8. The Bertz CT molecular complexity index is 460. The molecule has 0 atom stereocenters. The zero-order valence-corrected chi connectivity index (χ0v) is 13.8. The van der Waals surface area contributed by atoms with E-state index in [1.165, 1.54) is 17.3 Å². The summed E-state index contributed by atoms with van der Waals surface area (Å²) in [5.41, 5.74) is 2.81.